The highest BCUT2D eigenvalue weighted by atomic mass is 16.5. The average molecular weight is 531 g/mol. The molecule has 0 aliphatic carbocycles. The average Bonchev–Trinajstić information content (AvgIpc) is 3.39. The number of amidine groups is 1. The number of aliphatic imine (C=N–C) groups is 1. The quantitative estimate of drug-likeness (QED) is 0.232. The Balaban J connectivity index is 1.32. The molecule has 0 saturated carbocycles. The summed E-state index contributed by atoms with van der Waals surface area (Å²) < 4.78 is 22.1. The van der Waals surface area contributed by atoms with Crippen LogP contribution in [0.25, 0.3) is 17.1 Å². The number of methoxy groups -OCH3 is 2. The third kappa shape index (κ3) is 6.60. The number of aromatic nitrogens is 5. The molecule has 4 aromatic rings. The maximum Gasteiger partial charge on any atom is 0.323 e. The second-order valence-corrected chi connectivity index (χ2v) is 8.61. The van der Waals surface area contributed by atoms with E-state index in [0.717, 1.165) is 16.6 Å². The fourth-order valence-corrected chi connectivity index (χ4v) is 4.02. The third-order valence-corrected chi connectivity index (χ3v) is 6.00. The highest BCUT2D eigenvalue weighted by Crippen LogP contribution is 2.28. The summed E-state index contributed by atoms with van der Waals surface area (Å²) >= 11 is 0. The van der Waals surface area contributed by atoms with Gasteiger partial charge in [-0.3, -0.25) is 0 Å². The van der Waals surface area contributed by atoms with Gasteiger partial charge < -0.3 is 34.6 Å². The van der Waals surface area contributed by atoms with Crippen LogP contribution < -0.4 is 24.8 Å². The molecule has 0 unspecified atom stereocenters. The summed E-state index contributed by atoms with van der Waals surface area (Å²) in [4.78, 5) is 27.5. The van der Waals surface area contributed by atoms with E-state index in [4.69, 9.17) is 24.7 Å². The van der Waals surface area contributed by atoms with Gasteiger partial charge in [-0.15, -0.1) is 0 Å². The minimum absolute atomic E-state index is 0.152. The molecule has 0 bridgehead atoms. The summed E-state index contributed by atoms with van der Waals surface area (Å²) in [5.74, 6) is 2.82. The number of nitrogens with zero attached hydrogens (tertiary/aromatic N) is 6. The molecule has 0 amide bonds. The first-order valence-corrected chi connectivity index (χ1v) is 12.5. The normalized spacial score (nSPS) is 14.2. The Labute approximate surface area is 225 Å². The minimum Gasteiger partial charge on any atom is -0.493 e. The smallest absolute Gasteiger partial charge is 0.323 e. The van der Waals surface area contributed by atoms with Crippen molar-refractivity contribution >= 4 is 34.8 Å². The van der Waals surface area contributed by atoms with E-state index < -0.39 is 0 Å². The van der Waals surface area contributed by atoms with E-state index in [0.29, 0.717) is 62.6 Å². The van der Waals surface area contributed by atoms with Gasteiger partial charge in [-0.25, -0.2) is 4.98 Å². The monoisotopic (exact) mass is 530 g/mol. The number of hydrogen-bond acceptors (Lipinski definition) is 10. The molecule has 2 aromatic heterocycles. The molecule has 1 aliphatic rings. The molecule has 39 heavy (non-hydrogen) atoms. The molecular weight excluding hydrogens is 500 g/mol. The number of H-pyrrole nitrogens is 1. The molecule has 202 valence electrons. The van der Waals surface area contributed by atoms with Crippen LogP contribution in [0.15, 0.2) is 53.5 Å². The predicted octanol–water partition coefficient (Wildman–Crippen LogP) is 2.93. The number of fused-ring (bicyclic) bond motifs is 1. The molecule has 3 heterocycles. The summed E-state index contributed by atoms with van der Waals surface area (Å²) in [6, 6.07) is 13.7. The van der Waals surface area contributed by atoms with Crippen LogP contribution in [0.1, 0.15) is 11.4 Å². The lowest BCUT2D eigenvalue weighted by atomic mass is 10.1. The molecule has 3 N–H and O–H groups in total. The lowest BCUT2D eigenvalue weighted by molar-refractivity contribution is 0.122. The number of aromatic amines is 1. The lowest BCUT2D eigenvalue weighted by Gasteiger charge is -2.26. The van der Waals surface area contributed by atoms with Crippen molar-refractivity contribution in [2.45, 2.75) is 6.42 Å². The molecule has 1 fully saturated rings. The second-order valence-electron chi connectivity index (χ2n) is 8.61. The maximum atomic E-state index is 6.18. The molecule has 1 aliphatic heterocycles. The molecule has 2 aromatic carbocycles. The maximum absolute atomic E-state index is 6.18. The number of hydrogen-bond donors (Lipinski definition) is 2. The van der Waals surface area contributed by atoms with Crippen molar-refractivity contribution in [2.75, 3.05) is 52.0 Å². The minimum atomic E-state index is 0.152. The fraction of sp³-hybridized carbons (Fsp3) is 0.296. The van der Waals surface area contributed by atoms with Gasteiger partial charge in [0, 0.05) is 19.5 Å². The van der Waals surface area contributed by atoms with Crippen molar-refractivity contribution < 1.29 is 18.9 Å². The highest BCUT2D eigenvalue weighted by molar-refractivity contribution is 5.96. The fourth-order valence-electron chi connectivity index (χ4n) is 4.02. The van der Waals surface area contributed by atoms with Crippen LogP contribution in [-0.2, 0) is 11.2 Å². The largest absolute Gasteiger partial charge is 0.493 e. The molecule has 12 heteroatoms. The van der Waals surface area contributed by atoms with Crippen molar-refractivity contribution in [2.24, 2.45) is 10.7 Å². The van der Waals surface area contributed by atoms with Gasteiger partial charge in [0.05, 0.1) is 45.1 Å². The molecular formula is C27H30N8O4. The van der Waals surface area contributed by atoms with Crippen LogP contribution in [0.4, 0.5) is 11.9 Å². The van der Waals surface area contributed by atoms with Crippen LogP contribution >= 0.6 is 0 Å². The van der Waals surface area contributed by atoms with E-state index in [1.54, 1.807) is 26.4 Å². The molecule has 0 atom stereocenters. The molecule has 1 saturated heterocycles. The van der Waals surface area contributed by atoms with Gasteiger partial charge in [-0.2, -0.15) is 19.9 Å². The number of morpholine rings is 1. The third-order valence-electron chi connectivity index (χ3n) is 6.00. The standard InChI is InChI=1S/C27H30N8O4/c1-36-21-8-7-18(17-22(21)37-2)11-14-39-27-33-25(32-26(34-27)35-12-15-38-16-13-35)31-23(28)9-10-24-29-19-5-3-4-6-20(19)30-24/h3-10,17H,11-16H2,1-2H3,(H,29,30)(H2,28,31,32,33,34)/b10-9+. The van der Waals surface area contributed by atoms with Gasteiger partial charge in [0.25, 0.3) is 5.95 Å². The lowest BCUT2D eigenvalue weighted by Crippen LogP contribution is -2.37. The van der Waals surface area contributed by atoms with E-state index in [9.17, 15) is 0 Å². The highest BCUT2D eigenvalue weighted by Gasteiger charge is 2.17. The number of para-hydroxylation sites is 2. The number of imidazole rings is 1. The molecule has 5 rings (SSSR count). The summed E-state index contributed by atoms with van der Waals surface area (Å²) in [6.45, 7) is 2.82. The number of ether oxygens (including phenoxy) is 4. The van der Waals surface area contributed by atoms with Crippen LogP contribution in [0.3, 0.4) is 0 Å². The number of nitrogens with two attached hydrogens (primary N) is 1. The van der Waals surface area contributed by atoms with E-state index in [1.165, 1.54) is 0 Å². The zero-order chi connectivity index (χ0) is 27.0. The predicted molar refractivity (Wildman–Crippen MR) is 148 cm³/mol. The zero-order valence-corrected chi connectivity index (χ0v) is 21.8. The van der Waals surface area contributed by atoms with E-state index >= 15 is 0 Å². The Morgan fingerprint density at radius 2 is 1.87 bits per heavy atom. The van der Waals surface area contributed by atoms with Gasteiger partial charge in [0.2, 0.25) is 5.95 Å². The van der Waals surface area contributed by atoms with Crippen molar-refractivity contribution in [1.29, 1.82) is 0 Å². The molecule has 0 spiro atoms. The van der Waals surface area contributed by atoms with E-state index in [2.05, 4.69) is 29.9 Å². The number of anilines is 1. The van der Waals surface area contributed by atoms with Crippen molar-refractivity contribution in [3.8, 4) is 17.5 Å². The summed E-state index contributed by atoms with van der Waals surface area (Å²) in [5, 5.41) is 0. The zero-order valence-electron chi connectivity index (χ0n) is 21.8. The Kier molecular flexibility index (Phi) is 8.12. The van der Waals surface area contributed by atoms with Crippen molar-refractivity contribution in [3.05, 3.63) is 59.9 Å². The summed E-state index contributed by atoms with van der Waals surface area (Å²) in [7, 11) is 3.21. The first kappa shape index (κ1) is 25.9. The first-order chi connectivity index (χ1) is 19.1. The second kappa shape index (κ2) is 12.2. The number of benzene rings is 2. The molecule has 0 radical (unpaired) electrons. The first-order valence-electron chi connectivity index (χ1n) is 12.5. The van der Waals surface area contributed by atoms with E-state index in [-0.39, 0.29) is 17.8 Å². The SMILES string of the molecule is COc1ccc(CCOc2nc(N=C(N)/C=C/c3nc4ccccc4[nH]3)nc(N3CCOCC3)n2)cc1OC. The Morgan fingerprint density at radius 1 is 1.05 bits per heavy atom. The van der Waals surface area contributed by atoms with Crippen LogP contribution in [0.5, 0.6) is 17.5 Å². The Morgan fingerprint density at radius 3 is 2.67 bits per heavy atom. The molecule has 12 nitrogen and oxygen atoms in total. The van der Waals surface area contributed by atoms with Gasteiger partial charge in [-0.05, 0) is 42.0 Å². The van der Waals surface area contributed by atoms with Gasteiger partial charge in [0.15, 0.2) is 11.5 Å². The van der Waals surface area contributed by atoms with E-state index in [1.807, 2.05) is 47.4 Å². The van der Waals surface area contributed by atoms with Crippen molar-refractivity contribution in [1.82, 2.24) is 24.9 Å². The van der Waals surface area contributed by atoms with Crippen LogP contribution in [0, 0.1) is 0 Å². The van der Waals surface area contributed by atoms with Crippen LogP contribution in [-0.4, -0.2) is 77.9 Å². The van der Waals surface area contributed by atoms with Crippen molar-refractivity contribution in [3.63, 3.8) is 0 Å². The Bertz CT molecular complexity index is 1450. The van der Waals surface area contributed by atoms with Crippen LogP contribution in [0.2, 0.25) is 0 Å². The number of rotatable bonds is 10. The number of nitrogens with one attached hydrogen (secondary N) is 1. The van der Waals surface area contributed by atoms with Gasteiger partial charge in [0.1, 0.15) is 11.7 Å². The summed E-state index contributed by atoms with van der Waals surface area (Å²) in [6.07, 6.45) is 4.01. The van der Waals surface area contributed by atoms with Gasteiger partial charge in [-0.1, -0.05) is 18.2 Å². The topological polar surface area (TPSA) is 146 Å². The Hall–Kier alpha value is -4.71. The van der Waals surface area contributed by atoms with Gasteiger partial charge >= 0.3 is 6.01 Å². The summed E-state index contributed by atoms with van der Waals surface area (Å²) in [5.41, 5.74) is 9.01.